The lowest BCUT2D eigenvalue weighted by Crippen LogP contribution is -2.45. The third kappa shape index (κ3) is 3.87. The van der Waals surface area contributed by atoms with E-state index in [0.29, 0.717) is 0 Å². The Balaban J connectivity index is 2.33. The van der Waals surface area contributed by atoms with Crippen molar-refractivity contribution in [1.29, 1.82) is 0 Å². The molecule has 1 amide bonds. The number of hydrogen-bond acceptors (Lipinski definition) is 4. The summed E-state index contributed by atoms with van der Waals surface area (Å²) in [5.74, 6) is -0.730. The van der Waals surface area contributed by atoms with Crippen LogP contribution in [0.5, 0.6) is 0 Å². The highest BCUT2D eigenvalue weighted by atomic mass is 16.5. The second kappa shape index (κ2) is 5.70. The molecule has 1 fully saturated rings. The summed E-state index contributed by atoms with van der Waals surface area (Å²) in [5.41, 5.74) is 0. The molecular weight excluding hydrogens is 198 g/mol. The van der Waals surface area contributed by atoms with Crippen LogP contribution in [0.2, 0.25) is 0 Å². The molecule has 1 aliphatic carbocycles. The van der Waals surface area contributed by atoms with Crippen molar-refractivity contribution in [2.45, 2.75) is 38.3 Å². The Bertz CT molecular complexity index is 238. The van der Waals surface area contributed by atoms with Crippen molar-refractivity contribution in [1.82, 2.24) is 5.32 Å². The van der Waals surface area contributed by atoms with E-state index in [1.165, 1.54) is 20.5 Å². The summed E-state index contributed by atoms with van der Waals surface area (Å²) in [6, 6.07) is -0.687. The fourth-order valence-electron chi connectivity index (χ4n) is 1.33. The molecule has 0 aromatic heterocycles. The van der Waals surface area contributed by atoms with Crippen LogP contribution in [0.4, 0.5) is 0 Å². The summed E-state index contributed by atoms with van der Waals surface area (Å²) >= 11 is 0. The Morgan fingerprint density at radius 3 is 2.53 bits per heavy atom. The quantitative estimate of drug-likeness (QED) is 0.667. The molecule has 1 atom stereocenters. The van der Waals surface area contributed by atoms with Gasteiger partial charge in [-0.1, -0.05) is 0 Å². The van der Waals surface area contributed by atoms with Crippen LogP contribution in [0.15, 0.2) is 0 Å². The summed E-state index contributed by atoms with van der Waals surface area (Å²) in [5, 5.41) is 2.50. The molecule has 0 radical (unpaired) electrons. The molecule has 15 heavy (non-hydrogen) atoms. The van der Waals surface area contributed by atoms with Crippen molar-refractivity contribution in [2.24, 2.45) is 0 Å². The van der Waals surface area contributed by atoms with Crippen LogP contribution in [-0.4, -0.2) is 37.7 Å². The zero-order valence-electron chi connectivity index (χ0n) is 9.12. The summed E-state index contributed by atoms with van der Waals surface area (Å²) in [6.07, 6.45) is 3.49. The highest BCUT2D eigenvalue weighted by molar-refractivity contribution is 5.83. The van der Waals surface area contributed by atoms with E-state index in [1.54, 1.807) is 0 Å². The monoisotopic (exact) mass is 215 g/mol. The number of nitrogens with one attached hydrogen (secondary N) is 1. The number of esters is 1. The van der Waals surface area contributed by atoms with Gasteiger partial charge in [0.05, 0.1) is 19.8 Å². The van der Waals surface area contributed by atoms with E-state index in [1.807, 2.05) is 0 Å². The van der Waals surface area contributed by atoms with Gasteiger partial charge >= 0.3 is 5.97 Å². The Kier molecular flexibility index (Phi) is 4.55. The van der Waals surface area contributed by atoms with Crippen molar-refractivity contribution in [3.63, 3.8) is 0 Å². The van der Waals surface area contributed by atoms with E-state index in [0.717, 1.165) is 12.8 Å². The molecule has 0 heterocycles. The standard InChI is InChI=1S/C10H17NO4/c1-7(12)11-9(10(13)14-2)6-15-8-4-3-5-8/h8-9H,3-6H2,1-2H3,(H,11,12). The molecule has 1 aliphatic rings. The van der Waals surface area contributed by atoms with Crippen LogP contribution in [0.25, 0.3) is 0 Å². The maximum absolute atomic E-state index is 11.2. The maximum Gasteiger partial charge on any atom is 0.330 e. The molecular formula is C10H17NO4. The van der Waals surface area contributed by atoms with E-state index >= 15 is 0 Å². The van der Waals surface area contributed by atoms with Gasteiger partial charge in [0.2, 0.25) is 5.91 Å². The topological polar surface area (TPSA) is 64.6 Å². The molecule has 1 saturated carbocycles. The minimum atomic E-state index is -0.687. The fraction of sp³-hybridized carbons (Fsp3) is 0.800. The first kappa shape index (κ1) is 12.0. The summed E-state index contributed by atoms with van der Waals surface area (Å²) in [7, 11) is 1.29. The first-order valence-electron chi connectivity index (χ1n) is 5.10. The Hall–Kier alpha value is -1.10. The number of rotatable bonds is 5. The lowest BCUT2D eigenvalue weighted by atomic mass is 9.96. The number of carbonyl (C=O) groups excluding carboxylic acids is 2. The zero-order chi connectivity index (χ0) is 11.3. The van der Waals surface area contributed by atoms with E-state index in [9.17, 15) is 9.59 Å². The fourth-order valence-corrected chi connectivity index (χ4v) is 1.33. The highest BCUT2D eigenvalue weighted by Gasteiger charge is 2.24. The van der Waals surface area contributed by atoms with E-state index in [-0.39, 0.29) is 18.6 Å². The predicted octanol–water partition coefficient (Wildman–Crippen LogP) is 0.233. The first-order valence-corrected chi connectivity index (χ1v) is 5.10. The van der Waals surface area contributed by atoms with Gasteiger partial charge in [-0.3, -0.25) is 4.79 Å². The molecule has 5 heteroatoms. The second-order valence-corrected chi connectivity index (χ2v) is 3.66. The van der Waals surface area contributed by atoms with Crippen LogP contribution in [-0.2, 0) is 19.1 Å². The van der Waals surface area contributed by atoms with E-state index in [4.69, 9.17) is 4.74 Å². The van der Waals surface area contributed by atoms with Gasteiger partial charge in [0, 0.05) is 6.92 Å². The van der Waals surface area contributed by atoms with Gasteiger partial charge in [-0.2, -0.15) is 0 Å². The molecule has 1 rings (SSSR count). The van der Waals surface area contributed by atoms with Gasteiger partial charge < -0.3 is 14.8 Å². The SMILES string of the molecule is COC(=O)C(COC1CCC1)NC(C)=O. The third-order valence-corrected chi connectivity index (χ3v) is 2.41. The average molecular weight is 215 g/mol. The molecule has 1 N–H and O–H groups in total. The van der Waals surface area contributed by atoms with Gasteiger partial charge in [0.15, 0.2) is 6.04 Å². The lowest BCUT2D eigenvalue weighted by Gasteiger charge is -2.27. The Labute approximate surface area is 89.1 Å². The molecule has 86 valence electrons. The number of methoxy groups -OCH3 is 1. The minimum absolute atomic E-state index is 0.191. The van der Waals surface area contributed by atoms with Crippen molar-refractivity contribution < 1.29 is 19.1 Å². The van der Waals surface area contributed by atoms with Crippen molar-refractivity contribution >= 4 is 11.9 Å². The summed E-state index contributed by atoms with van der Waals surface area (Å²) in [6.45, 7) is 1.55. The van der Waals surface area contributed by atoms with Crippen molar-refractivity contribution in [2.75, 3.05) is 13.7 Å². The summed E-state index contributed by atoms with van der Waals surface area (Å²) in [4.78, 5) is 22.1. The van der Waals surface area contributed by atoms with Crippen LogP contribution < -0.4 is 5.32 Å². The molecule has 0 aliphatic heterocycles. The number of amides is 1. The van der Waals surface area contributed by atoms with Gasteiger partial charge in [0.25, 0.3) is 0 Å². The van der Waals surface area contributed by atoms with E-state index in [2.05, 4.69) is 10.1 Å². The van der Waals surface area contributed by atoms with Crippen LogP contribution in [0.1, 0.15) is 26.2 Å². The average Bonchev–Trinajstić information content (AvgIpc) is 2.12. The Morgan fingerprint density at radius 2 is 2.13 bits per heavy atom. The molecule has 1 unspecified atom stereocenters. The van der Waals surface area contributed by atoms with E-state index < -0.39 is 12.0 Å². The largest absolute Gasteiger partial charge is 0.467 e. The Morgan fingerprint density at radius 1 is 1.47 bits per heavy atom. The van der Waals surface area contributed by atoms with Gasteiger partial charge in [-0.15, -0.1) is 0 Å². The van der Waals surface area contributed by atoms with Crippen LogP contribution >= 0.6 is 0 Å². The van der Waals surface area contributed by atoms with Crippen LogP contribution in [0.3, 0.4) is 0 Å². The van der Waals surface area contributed by atoms with Crippen LogP contribution in [0, 0.1) is 0 Å². The molecule has 0 saturated heterocycles. The molecule has 0 spiro atoms. The smallest absolute Gasteiger partial charge is 0.330 e. The normalized spacial score (nSPS) is 17.7. The second-order valence-electron chi connectivity index (χ2n) is 3.66. The molecule has 5 nitrogen and oxygen atoms in total. The minimum Gasteiger partial charge on any atom is -0.467 e. The first-order chi connectivity index (χ1) is 7.13. The molecule has 0 bridgehead atoms. The molecule has 0 aromatic rings. The van der Waals surface area contributed by atoms with Gasteiger partial charge in [-0.25, -0.2) is 4.79 Å². The summed E-state index contributed by atoms with van der Waals surface area (Å²) < 4.78 is 10.0. The number of ether oxygens (including phenoxy) is 2. The third-order valence-electron chi connectivity index (χ3n) is 2.41. The van der Waals surface area contributed by atoms with Crippen molar-refractivity contribution in [3.05, 3.63) is 0 Å². The number of hydrogen-bond donors (Lipinski definition) is 1. The van der Waals surface area contributed by atoms with Crippen molar-refractivity contribution in [3.8, 4) is 0 Å². The number of carbonyl (C=O) groups is 2. The lowest BCUT2D eigenvalue weighted by molar-refractivity contribution is -0.148. The highest BCUT2D eigenvalue weighted by Crippen LogP contribution is 2.21. The predicted molar refractivity (Wildman–Crippen MR) is 53.2 cm³/mol. The van der Waals surface area contributed by atoms with Gasteiger partial charge in [-0.05, 0) is 19.3 Å². The zero-order valence-corrected chi connectivity index (χ0v) is 9.12. The maximum atomic E-state index is 11.2. The molecule has 0 aromatic carbocycles. The van der Waals surface area contributed by atoms with Gasteiger partial charge in [0.1, 0.15) is 0 Å².